The van der Waals surface area contributed by atoms with Crippen molar-refractivity contribution in [3.05, 3.63) is 60.2 Å². The molecule has 2 aromatic heterocycles. The summed E-state index contributed by atoms with van der Waals surface area (Å²) >= 11 is 0. The number of carboxylic acid groups (broad SMARTS) is 2. The van der Waals surface area contributed by atoms with Crippen LogP contribution >= 0.6 is 0 Å². The second-order valence-corrected chi connectivity index (χ2v) is 4.94. The van der Waals surface area contributed by atoms with E-state index in [0.29, 0.717) is 11.4 Å². The van der Waals surface area contributed by atoms with Crippen molar-refractivity contribution in [2.24, 2.45) is 11.5 Å². The van der Waals surface area contributed by atoms with E-state index in [1.54, 1.807) is 48.8 Å². The molecule has 0 fully saturated rings. The molecule has 2 aromatic rings. The van der Waals surface area contributed by atoms with E-state index in [4.69, 9.17) is 21.7 Å². The monoisotopic (exact) mass is 332 g/mol. The number of nitrogens with two attached hydrogens (primary N) is 2. The lowest BCUT2D eigenvalue weighted by atomic mass is 10.1. The second kappa shape index (κ2) is 10.0. The molecule has 0 spiro atoms. The zero-order valence-electron chi connectivity index (χ0n) is 12.9. The fourth-order valence-electron chi connectivity index (χ4n) is 1.66. The van der Waals surface area contributed by atoms with Gasteiger partial charge in [-0.1, -0.05) is 12.1 Å². The third-order valence-corrected chi connectivity index (χ3v) is 2.94. The molecule has 0 saturated heterocycles. The van der Waals surface area contributed by atoms with Gasteiger partial charge in [-0.3, -0.25) is 19.6 Å². The summed E-state index contributed by atoms with van der Waals surface area (Å²) in [7, 11) is 0. The van der Waals surface area contributed by atoms with Gasteiger partial charge in [0.15, 0.2) is 0 Å². The van der Waals surface area contributed by atoms with Crippen molar-refractivity contribution < 1.29 is 19.8 Å². The number of rotatable bonds is 6. The number of carboxylic acids is 2. The Kier molecular flexibility index (Phi) is 8.03. The molecule has 128 valence electrons. The maximum atomic E-state index is 10.4. The Morgan fingerprint density at radius 3 is 1.46 bits per heavy atom. The predicted octanol–water partition coefficient (Wildman–Crippen LogP) is 0.0720. The summed E-state index contributed by atoms with van der Waals surface area (Å²) in [5, 5.41) is 17.0. The molecular formula is C16H20N4O4. The van der Waals surface area contributed by atoms with Crippen molar-refractivity contribution in [1.29, 1.82) is 0 Å². The van der Waals surface area contributed by atoms with Gasteiger partial charge in [-0.15, -0.1) is 0 Å². The highest BCUT2D eigenvalue weighted by Gasteiger charge is 2.12. The average molecular weight is 332 g/mol. The van der Waals surface area contributed by atoms with E-state index in [0.717, 1.165) is 0 Å². The number of hydrogen-bond donors (Lipinski definition) is 4. The summed E-state index contributed by atoms with van der Waals surface area (Å²) in [6.07, 6.45) is 3.78. The van der Waals surface area contributed by atoms with Gasteiger partial charge in [0.2, 0.25) is 0 Å². The molecule has 2 unspecified atom stereocenters. The second-order valence-electron chi connectivity index (χ2n) is 4.94. The van der Waals surface area contributed by atoms with Gasteiger partial charge in [0.05, 0.1) is 0 Å². The van der Waals surface area contributed by atoms with Gasteiger partial charge in [0.1, 0.15) is 12.1 Å². The largest absolute Gasteiger partial charge is 0.480 e. The van der Waals surface area contributed by atoms with Crippen LogP contribution in [0.4, 0.5) is 0 Å². The van der Waals surface area contributed by atoms with Crippen LogP contribution in [-0.4, -0.2) is 44.2 Å². The molecule has 0 aliphatic heterocycles. The van der Waals surface area contributed by atoms with Crippen LogP contribution in [0.5, 0.6) is 0 Å². The maximum Gasteiger partial charge on any atom is 0.320 e. The molecule has 0 radical (unpaired) electrons. The molecular weight excluding hydrogens is 312 g/mol. The van der Waals surface area contributed by atoms with E-state index in [1.807, 2.05) is 0 Å². The Bertz CT molecular complexity index is 580. The van der Waals surface area contributed by atoms with Crippen LogP contribution in [0.15, 0.2) is 48.8 Å². The van der Waals surface area contributed by atoms with E-state index in [9.17, 15) is 9.59 Å². The maximum absolute atomic E-state index is 10.4. The summed E-state index contributed by atoms with van der Waals surface area (Å²) in [6.45, 7) is 0. The van der Waals surface area contributed by atoms with Gasteiger partial charge >= 0.3 is 11.9 Å². The highest BCUT2D eigenvalue weighted by Crippen LogP contribution is 1.98. The van der Waals surface area contributed by atoms with Crippen LogP contribution < -0.4 is 11.5 Å². The zero-order valence-corrected chi connectivity index (χ0v) is 12.9. The molecule has 2 rings (SSSR count). The van der Waals surface area contributed by atoms with Crippen molar-refractivity contribution in [3.8, 4) is 0 Å². The normalized spacial score (nSPS) is 12.4. The van der Waals surface area contributed by atoms with Gasteiger partial charge < -0.3 is 21.7 Å². The van der Waals surface area contributed by atoms with Crippen molar-refractivity contribution in [3.63, 3.8) is 0 Å². The Hall–Kier alpha value is -2.84. The van der Waals surface area contributed by atoms with E-state index >= 15 is 0 Å². The molecule has 0 saturated carbocycles. The van der Waals surface area contributed by atoms with Crippen LogP contribution in [0, 0.1) is 0 Å². The summed E-state index contributed by atoms with van der Waals surface area (Å²) in [5.41, 5.74) is 12.0. The molecule has 6 N–H and O–H groups in total. The number of hydrogen-bond acceptors (Lipinski definition) is 6. The van der Waals surface area contributed by atoms with E-state index in [-0.39, 0.29) is 12.8 Å². The fraction of sp³-hybridized carbons (Fsp3) is 0.250. The van der Waals surface area contributed by atoms with Crippen LogP contribution in [0.25, 0.3) is 0 Å². The highest BCUT2D eigenvalue weighted by atomic mass is 16.4. The van der Waals surface area contributed by atoms with Crippen LogP contribution in [-0.2, 0) is 22.4 Å². The summed E-state index contributed by atoms with van der Waals surface area (Å²) in [6, 6.07) is 8.94. The molecule has 2 heterocycles. The molecule has 0 aliphatic rings. The van der Waals surface area contributed by atoms with Gasteiger partial charge in [-0.2, -0.15) is 0 Å². The van der Waals surface area contributed by atoms with E-state index in [1.165, 1.54) is 0 Å². The Morgan fingerprint density at radius 1 is 0.833 bits per heavy atom. The molecule has 8 nitrogen and oxygen atoms in total. The molecule has 0 aliphatic carbocycles. The van der Waals surface area contributed by atoms with Gasteiger partial charge in [0.25, 0.3) is 0 Å². The predicted molar refractivity (Wildman–Crippen MR) is 87.1 cm³/mol. The Labute approximate surface area is 139 Å². The highest BCUT2D eigenvalue weighted by molar-refractivity contribution is 5.73. The average Bonchev–Trinajstić information content (AvgIpc) is 2.57. The number of carbonyl (C=O) groups is 2. The first-order valence-corrected chi connectivity index (χ1v) is 7.16. The van der Waals surface area contributed by atoms with Gasteiger partial charge in [-0.25, -0.2) is 0 Å². The minimum absolute atomic E-state index is 0.274. The Morgan fingerprint density at radius 2 is 1.21 bits per heavy atom. The quantitative estimate of drug-likeness (QED) is 0.580. The lowest BCUT2D eigenvalue weighted by molar-refractivity contribution is -0.139. The number of aliphatic carboxylic acids is 2. The molecule has 0 bridgehead atoms. The molecule has 8 heteroatoms. The van der Waals surface area contributed by atoms with Crippen molar-refractivity contribution in [2.75, 3.05) is 0 Å². The Balaban J connectivity index is 0.000000240. The lowest BCUT2D eigenvalue weighted by Gasteiger charge is -2.03. The van der Waals surface area contributed by atoms with Crippen molar-refractivity contribution in [2.45, 2.75) is 24.9 Å². The van der Waals surface area contributed by atoms with Crippen molar-refractivity contribution in [1.82, 2.24) is 9.97 Å². The minimum Gasteiger partial charge on any atom is -0.480 e. The summed E-state index contributed by atoms with van der Waals surface area (Å²) in [5.74, 6) is -2.00. The van der Waals surface area contributed by atoms with Crippen molar-refractivity contribution >= 4 is 11.9 Å². The topological polar surface area (TPSA) is 152 Å². The molecule has 24 heavy (non-hydrogen) atoms. The first-order chi connectivity index (χ1) is 11.4. The first-order valence-electron chi connectivity index (χ1n) is 7.16. The van der Waals surface area contributed by atoms with Crippen LogP contribution in [0.1, 0.15) is 11.4 Å². The van der Waals surface area contributed by atoms with E-state index < -0.39 is 24.0 Å². The summed E-state index contributed by atoms with van der Waals surface area (Å²) < 4.78 is 0. The van der Waals surface area contributed by atoms with Gasteiger partial charge in [-0.05, 0) is 24.3 Å². The van der Waals surface area contributed by atoms with Crippen LogP contribution in [0.2, 0.25) is 0 Å². The zero-order chi connectivity index (χ0) is 17.9. The van der Waals surface area contributed by atoms with E-state index in [2.05, 4.69) is 9.97 Å². The number of nitrogens with zero attached hydrogens (tertiary/aromatic N) is 2. The molecule has 0 aromatic carbocycles. The summed E-state index contributed by atoms with van der Waals surface area (Å²) in [4.78, 5) is 28.6. The fourth-order valence-corrected chi connectivity index (χ4v) is 1.66. The third-order valence-electron chi connectivity index (χ3n) is 2.94. The minimum atomic E-state index is -0.999. The van der Waals surface area contributed by atoms with Gasteiger partial charge in [0, 0.05) is 36.6 Å². The molecule has 2 atom stereocenters. The van der Waals surface area contributed by atoms with Crippen LogP contribution in [0.3, 0.4) is 0 Å². The smallest absolute Gasteiger partial charge is 0.320 e. The first kappa shape index (κ1) is 19.2. The SMILES string of the molecule is NC(Cc1ccccn1)C(=O)O.NC(Cc1ccccn1)C(=O)O. The number of pyridine rings is 2. The number of aromatic nitrogens is 2. The lowest BCUT2D eigenvalue weighted by Crippen LogP contribution is -2.32. The standard InChI is InChI=1S/2C8H10N2O2/c2*9-7(8(11)12)5-6-3-1-2-4-10-6/h2*1-4,7H,5,9H2,(H,11,12). The molecule has 0 amide bonds. The third kappa shape index (κ3) is 7.43.